The lowest BCUT2D eigenvalue weighted by atomic mass is 9.69. The minimum atomic E-state index is -0.216. The SMILES string of the molecule is C=C(C)C(=O)OCC1CC2CC1C1C3C=CC(C3)C21. The lowest BCUT2D eigenvalue weighted by molar-refractivity contribution is -0.141. The highest BCUT2D eigenvalue weighted by Crippen LogP contribution is 2.66. The Kier molecular flexibility index (Phi) is 2.46. The van der Waals surface area contributed by atoms with Gasteiger partial charge in [0.15, 0.2) is 0 Å². The predicted molar refractivity (Wildman–Crippen MR) is 73.2 cm³/mol. The van der Waals surface area contributed by atoms with Crippen LogP contribution in [0.4, 0.5) is 0 Å². The normalized spacial score (nSPS) is 48.6. The summed E-state index contributed by atoms with van der Waals surface area (Å²) in [5, 5.41) is 0. The first-order valence-electron chi connectivity index (χ1n) is 7.66. The van der Waals surface area contributed by atoms with Gasteiger partial charge >= 0.3 is 5.97 Å². The summed E-state index contributed by atoms with van der Waals surface area (Å²) in [4.78, 5) is 11.5. The Morgan fingerprint density at radius 3 is 2.68 bits per heavy atom. The summed E-state index contributed by atoms with van der Waals surface area (Å²) in [6, 6.07) is 0. The molecule has 7 atom stereocenters. The highest BCUT2D eigenvalue weighted by atomic mass is 16.5. The maximum Gasteiger partial charge on any atom is 0.333 e. The van der Waals surface area contributed by atoms with Crippen LogP contribution in [-0.4, -0.2) is 12.6 Å². The Morgan fingerprint density at radius 1 is 1.21 bits per heavy atom. The number of allylic oxidation sites excluding steroid dienone is 2. The zero-order chi connectivity index (χ0) is 13.1. The van der Waals surface area contributed by atoms with Crippen molar-refractivity contribution >= 4 is 5.97 Å². The molecule has 0 heterocycles. The van der Waals surface area contributed by atoms with Gasteiger partial charge in [-0.2, -0.15) is 0 Å². The van der Waals surface area contributed by atoms with Crippen molar-refractivity contribution < 1.29 is 9.53 Å². The quantitative estimate of drug-likeness (QED) is 0.336. The van der Waals surface area contributed by atoms with Crippen LogP contribution in [0.2, 0.25) is 0 Å². The lowest BCUT2D eigenvalue weighted by Crippen LogP contribution is -2.33. The Labute approximate surface area is 114 Å². The Morgan fingerprint density at radius 2 is 1.95 bits per heavy atom. The van der Waals surface area contributed by atoms with Crippen LogP contribution in [0, 0.1) is 41.4 Å². The fourth-order valence-corrected chi connectivity index (χ4v) is 5.65. The first-order valence-corrected chi connectivity index (χ1v) is 7.66. The second-order valence-electron chi connectivity index (χ2n) is 7.14. The third-order valence-corrected chi connectivity index (χ3v) is 6.18. The number of ether oxygens (including phenoxy) is 1. The molecule has 0 N–H and O–H groups in total. The molecular weight excluding hydrogens is 236 g/mol. The van der Waals surface area contributed by atoms with Crippen LogP contribution in [0.25, 0.3) is 0 Å². The molecule has 0 aromatic heterocycles. The average Bonchev–Trinajstić information content (AvgIpc) is 3.12. The molecule has 0 amide bonds. The van der Waals surface area contributed by atoms with E-state index in [4.69, 9.17) is 4.74 Å². The number of fused-ring (bicyclic) bond motifs is 9. The summed E-state index contributed by atoms with van der Waals surface area (Å²) in [7, 11) is 0. The summed E-state index contributed by atoms with van der Waals surface area (Å²) in [5.41, 5.74) is 0.517. The Hall–Kier alpha value is -1.05. The van der Waals surface area contributed by atoms with E-state index < -0.39 is 0 Å². The molecule has 0 saturated heterocycles. The minimum Gasteiger partial charge on any atom is -0.462 e. The first-order chi connectivity index (χ1) is 9.15. The van der Waals surface area contributed by atoms with Gasteiger partial charge in [-0.1, -0.05) is 18.7 Å². The molecule has 0 aliphatic heterocycles. The molecule has 2 nitrogen and oxygen atoms in total. The summed E-state index contributed by atoms with van der Waals surface area (Å²) < 4.78 is 5.41. The van der Waals surface area contributed by atoms with E-state index in [9.17, 15) is 4.79 Å². The smallest absolute Gasteiger partial charge is 0.333 e. The van der Waals surface area contributed by atoms with Gasteiger partial charge in [0.05, 0.1) is 6.61 Å². The summed E-state index contributed by atoms with van der Waals surface area (Å²) >= 11 is 0. The standard InChI is InChI=1S/C17H22O2/c1-9(2)17(18)19-8-13-6-12-7-14(13)16-11-4-3-10(5-11)15(12)16/h3-4,10-16H,1,5-8H2,2H3. The predicted octanol–water partition coefficient (Wildman–Crippen LogP) is 3.20. The molecule has 7 unspecified atom stereocenters. The highest BCUT2D eigenvalue weighted by Gasteiger charge is 2.60. The monoisotopic (exact) mass is 258 g/mol. The molecule has 4 rings (SSSR count). The topological polar surface area (TPSA) is 26.3 Å². The van der Waals surface area contributed by atoms with Crippen LogP contribution in [0.3, 0.4) is 0 Å². The molecule has 3 saturated carbocycles. The molecule has 0 aromatic rings. The van der Waals surface area contributed by atoms with Crippen molar-refractivity contribution in [1.82, 2.24) is 0 Å². The van der Waals surface area contributed by atoms with Crippen molar-refractivity contribution in [2.24, 2.45) is 41.4 Å². The number of hydrogen-bond donors (Lipinski definition) is 0. The van der Waals surface area contributed by atoms with Crippen LogP contribution < -0.4 is 0 Å². The number of carbonyl (C=O) groups excluding carboxylic acids is 1. The van der Waals surface area contributed by atoms with E-state index in [1.165, 1.54) is 19.3 Å². The van der Waals surface area contributed by atoms with Gasteiger partial charge in [0, 0.05) is 5.57 Å². The molecule has 102 valence electrons. The Bertz CT molecular complexity index is 464. The lowest BCUT2D eigenvalue weighted by Gasteiger charge is -2.36. The van der Waals surface area contributed by atoms with Crippen LogP contribution >= 0.6 is 0 Å². The molecule has 4 aliphatic carbocycles. The van der Waals surface area contributed by atoms with Gasteiger partial charge in [0.2, 0.25) is 0 Å². The fraction of sp³-hybridized carbons (Fsp3) is 0.706. The van der Waals surface area contributed by atoms with E-state index in [-0.39, 0.29) is 5.97 Å². The summed E-state index contributed by atoms with van der Waals surface area (Å²) in [6.45, 7) is 5.99. The van der Waals surface area contributed by atoms with Gasteiger partial charge in [0.1, 0.15) is 0 Å². The van der Waals surface area contributed by atoms with Crippen LogP contribution in [0.15, 0.2) is 24.3 Å². The first kappa shape index (κ1) is 11.7. The number of esters is 1. The minimum absolute atomic E-state index is 0.216. The number of rotatable bonds is 3. The molecule has 2 heteroatoms. The third kappa shape index (κ3) is 1.58. The molecule has 4 bridgehead atoms. The van der Waals surface area contributed by atoms with Crippen molar-refractivity contribution in [1.29, 1.82) is 0 Å². The molecule has 3 fully saturated rings. The van der Waals surface area contributed by atoms with Crippen molar-refractivity contribution in [3.63, 3.8) is 0 Å². The number of hydrogen-bond acceptors (Lipinski definition) is 2. The second-order valence-corrected chi connectivity index (χ2v) is 7.14. The van der Waals surface area contributed by atoms with Gasteiger partial charge in [-0.3, -0.25) is 0 Å². The van der Waals surface area contributed by atoms with Gasteiger partial charge in [-0.25, -0.2) is 4.79 Å². The van der Waals surface area contributed by atoms with E-state index >= 15 is 0 Å². The van der Waals surface area contributed by atoms with E-state index in [0.717, 1.165) is 35.5 Å². The zero-order valence-corrected chi connectivity index (χ0v) is 11.5. The second kappa shape index (κ2) is 3.97. The largest absolute Gasteiger partial charge is 0.462 e. The van der Waals surface area contributed by atoms with Crippen LogP contribution in [0.1, 0.15) is 26.2 Å². The van der Waals surface area contributed by atoms with E-state index in [1.54, 1.807) is 6.92 Å². The van der Waals surface area contributed by atoms with Gasteiger partial charge in [-0.15, -0.1) is 0 Å². The van der Waals surface area contributed by atoms with Gasteiger partial charge < -0.3 is 4.74 Å². The van der Waals surface area contributed by atoms with E-state index in [1.807, 2.05) is 0 Å². The van der Waals surface area contributed by atoms with Crippen LogP contribution in [-0.2, 0) is 9.53 Å². The van der Waals surface area contributed by atoms with Crippen molar-refractivity contribution in [3.05, 3.63) is 24.3 Å². The maximum absolute atomic E-state index is 11.5. The highest BCUT2D eigenvalue weighted by molar-refractivity contribution is 5.86. The molecule has 0 aromatic carbocycles. The molecule has 0 spiro atoms. The maximum atomic E-state index is 11.5. The zero-order valence-electron chi connectivity index (χ0n) is 11.5. The summed E-state index contributed by atoms with van der Waals surface area (Å²) in [6.07, 6.45) is 9.01. The van der Waals surface area contributed by atoms with Crippen LogP contribution in [0.5, 0.6) is 0 Å². The third-order valence-electron chi connectivity index (χ3n) is 6.18. The fourth-order valence-electron chi connectivity index (χ4n) is 5.65. The Balaban J connectivity index is 1.44. The van der Waals surface area contributed by atoms with E-state index in [0.29, 0.717) is 18.1 Å². The molecular formula is C17H22O2. The summed E-state index contributed by atoms with van der Waals surface area (Å²) in [5.74, 6) is 5.70. The van der Waals surface area contributed by atoms with E-state index in [2.05, 4.69) is 18.7 Å². The van der Waals surface area contributed by atoms with Gasteiger partial charge in [-0.05, 0) is 67.6 Å². The average molecular weight is 258 g/mol. The van der Waals surface area contributed by atoms with Crippen molar-refractivity contribution in [2.75, 3.05) is 6.61 Å². The van der Waals surface area contributed by atoms with Crippen molar-refractivity contribution in [3.8, 4) is 0 Å². The molecule has 19 heavy (non-hydrogen) atoms. The van der Waals surface area contributed by atoms with Crippen molar-refractivity contribution in [2.45, 2.75) is 26.2 Å². The van der Waals surface area contributed by atoms with Gasteiger partial charge in [0.25, 0.3) is 0 Å². The number of carbonyl (C=O) groups is 1. The molecule has 0 radical (unpaired) electrons. The molecule has 4 aliphatic rings.